The molecule has 0 aliphatic carbocycles. The molecule has 8 heteroatoms. The van der Waals surface area contributed by atoms with E-state index in [1.165, 1.54) is 11.1 Å². The third kappa shape index (κ3) is 6.89. The number of pyridine rings is 1. The monoisotopic (exact) mass is 514 g/mol. The van der Waals surface area contributed by atoms with Gasteiger partial charge in [0.05, 0.1) is 6.54 Å². The summed E-state index contributed by atoms with van der Waals surface area (Å²) in [5.74, 6) is 1.92. The highest BCUT2D eigenvalue weighted by Gasteiger charge is 2.16. The number of guanidine groups is 1. The van der Waals surface area contributed by atoms with Gasteiger partial charge in [-0.05, 0) is 53.6 Å². The number of hydrogen-bond acceptors (Lipinski definition) is 5. The molecule has 0 bridgehead atoms. The summed E-state index contributed by atoms with van der Waals surface area (Å²) in [5.41, 5.74) is 2.47. The Morgan fingerprint density at radius 3 is 2.64 bits per heavy atom. The van der Waals surface area contributed by atoms with Crippen LogP contribution in [0.25, 0.3) is 0 Å². The summed E-state index contributed by atoms with van der Waals surface area (Å²) in [5, 5.41) is 11.0. The van der Waals surface area contributed by atoms with Crippen LogP contribution in [0.3, 0.4) is 0 Å². The Kier molecular flexibility index (Phi) is 10.0. The van der Waals surface area contributed by atoms with E-state index in [1.54, 1.807) is 11.3 Å². The number of aromatic nitrogens is 1. The average molecular weight is 514 g/mol. The lowest BCUT2D eigenvalue weighted by molar-refractivity contribution is 0.270. The lowest BCUT2D eigenvalue weighted by Gasteiger charge is -2.34. The quantitative estimate of drug-likeness (QED) is 0.338. The van der Waals surface area contributed by atoms with Crippen LogP contribution in [-0.2, 0) is 13.1 Å². The van der Waals surface area contributed by atoms with Crippen molar-refractivity contribution in [1.82, 2.24) is 20.5 Å². The Morgan fingerprint density at radius 2 is 1.96 bits per heavy atom. The first kappa shape index (κ1) is 22.9. The molecule has 0 saturated carbocycles. The highest BCUT2D eigenvalue weighted by molar-refractivity contribution is 14.0. The zero-order chi connectivity index (χ0) is 18.9. The van der Waals surface area contributed by atoms with Gasteiger partial charge in [0.2, 0.25) is 0 Å². The van der Waals surface area contributed by atoms with Crippen molar-refractivity contribution >= 4 is 47.1 Å². The van der Waals surface area contributed by atoms with Gasteiger partial charge in [-0.2, -0.15) is 11.3 Å². The largest absolute Gasteiger partial charge is 0.357 e. The molecule has 0 unspecified atom stereocenters. The normalized spacial score (nSPS) is 15.2. The summed E-state index contributed by atoms with van der Waals surface area (Å²) in [6.07, 6.45) is 1.91. The van der Waals surface area contributed by atoms with Crippen LogP contribution < -0.4 is 15.5 Å². The van der Waals surface area contributed by atoms with Gasteiger partial charge in [0.15, 0.2) is 5.96 Å². The van der Waals surface area contributed by atoms with E-state index >= 15 is 0 Å². The predicted molar refractivity (Wildman–Crippen MR) is 130 cm³/mol. The van der Waals surface area contributed by atoms with Crippen molar-refractivity contribution in [1.29, 1.82) is 0 Å². The zero-order valence-electron chi connectivity index (χ0n) is 16.7. The number of halogens is 1. The Hall–Kier alpha value is -1.39. The molecule has 0 atom stereocenters. The maximum absolute atomic E-state index is 4.67. The highest BCUT2D eigenvalue weighted by Crippen LogP contribution is 2.15. The van der Waals surface area contributed by atoms with E-state index in [2.05, 4.69) is 73.2 Å². The SMILES string of the molecule is CCNC(=NCc1ccsc1)NCc1ccnc(N2CCN(CC)CC2)c1.I. The van der Waals surface area contributed by atoms with Crippen LogP contribution in [0.15, 0.2) is 40.1 Å². The Labute approximate surface area is 189 Å². The predicted octanol–water partition coefficient (Wildman–Crippen LogP) is 3.16. The maximum atomic E-state index is 4.67. The summed E-state index contributed by atoms with van der Waals surface area (Å²) in [6.45, 7) is 12.0. The second-order valence-electron chi connectivity index (χ2n) is 6.62. The average Bonchev–Trinajstić information content (AvgIpc) is 3.24. The van der Waals surface area contributed by atoms with Crippen molar-refractivity contribution in [3.8, 4) is 0 Å². The van der Waals surface area contributed by atoms with Crippen LogP contribution in [0, 0.1) is 0 Å². The zero-order valence-corrected chi connectivity index (χ0v) is 19.9. The summed E-state index contributed by atoms with van der Waals surface area (Å²) >= 11 is 1.71. The number of piperazine rings is 1. The molecule has 3 heterocycles. The molecule has 0 spiro atoms. The first-order valence-electron chi connectivity index (χ1n) is 9.74. The highest BCUT2D eigenvalue weighted by atomic mass is 127. The number of nitrogens with one attached hydrogen (secondary N) is 2. The molecule has 1 saturated heterocycles. The van der Waals surface area contributed by atoms with Crippen molar-refractivity contribution in [2.75, 3.05) is 44.2 Å². The second-order valence-corrected chi connectivity index (χ2v) is 7.40. The number of rotatable bonds is 7. The molecule has 2 aromatic rings. The van der Waals surface area contributed by atoms with Gasteiger partial charge in [-0.1, -0.05) is 6.92 Å². The van der Waals surface area contributed by atoms with E-state index in [0.717, 1.165) is 57.6 Å². The molecule has 2 aromatic heterocycles. The van der Waals surface area contributed by atoms with Gasteiger partial charge < -0.3 is 20.4 Å². The molecule has 0 radical (unpaired) electrons. The lowest BCUT2D eigenvalue weighted by Crippen LogP contribution is -2.46. The molecule has 154 valence electrons. The number of nitrogens with zero attached hydrogens (tertiary/aromatic N) is 4. The van der Waals surface area contributed by atoms with E-state index in [4.69, 9.17) is 0 Å². The van der Waals surface area contributed by atoms with Crippen molar-refractivity contribution < 1.29 is 0 Å². The summed E-state index contributed by atoms with van der Waals surface area (Å²) in [4.78, 5) is 14.1. The van der Waals surface area contributed by atoms with Gasteiger partial charge in [0, 0.05) is 45.5 Å². The molecule has 0 amide bonds. The van der Waals surface area contributed by atoms with Crippen molar-refractivity contribution in [3.05, 3.63) is 46.3 Å². The number of aliphatic imine (C=N–C) groups is 1. The van der Waals surface area contributed by atoms with Crippen LogP contribution in [0.1, 0.15) is 25.0 Å². The van der Waals surface area contributed by atoms with E-state index in [1.807, 2.05) is 6.20 Å². The maximum Gasteiger partial charge on any atom is 0.191 e. The van der Waals surface area contributed by atoms with Gasteiger partial charge in [0.1, 0.15) is 5.82 Å². The van der Waals surface area contributed by atoms with Crippen molar-refractivity contribution in [3.63, 3.8) is 0 Å². The first-order chi connectivity index (χ1) is 13.3. The molecule has 1 aliphatic heterocycles. The molecule has 2 N–H and O–H groups in total. The van der Waals surface area contributed by atoms with Gasteiger partial charge in [0.25, 0.3) is 0 Å². The molecular weight excluding hydrogens is 483 g/mol. The van der Waals surface area contributed by atoms with Gasteiger partial charge in [-0.3, -0.25) is 0 Å². The van der Waals surface area contributed by atoms with Gasteiger partial charge in [-0.25, -0.2) is 9.98 Å². The van der Waals surface area contributed by atoms with Crippen LogP contribution in [0.2, 0.25) is 0 Å². The minimum absolute atomic E-state index is 0. The lowest BCUT2D eigenvalue weighted by atomic mass is 10.2. The Balaban J connectivity index is 0.00000280. The van der Waals surface area contributed by atoms with Gasteiger partial charge in [-0.15, -0.1) is 24.0 Å². The Bertz CT molecular complexity index is 713. The Morgan fingerprint density at radius 1 is 1.14 bits per heavy atom. The van der Waals surface area contributed by atoms with E-state index in [9.17, 15) is 0 Å². The van der Waals surface area contributed by atoms with Crippen LogP contribution in [-0.4, -0.2) is 55.1 Å². The topological polar surface area (TPSA) is 55.8 Å². The number of thiophene rings is 1. The molecule has 3 rings (SSSR count). The van der Waals surface area contributed by atoms with E-state index < -0.39 is 0 Å². The first-order valence-corrected chi connectivity index (χ1v) is 10.7. The fraction of sp³-hybridized carbons (Fsp3) is 0.500. The summed E-state index contributed by atoms with van der Waals surface area (Å²) in [7, 11) is 0. The minimum atomic E-state index is 0. The van der Waals surface area contributed by atoms with Gasteiger partial charge >= 0.3 is 0 Å². The second kappa shape index (κ2) is 12.2. The molecule has 28 heavy (non-hydrogen) atoms. The standard InChI is InChI=1S/C20H30N6S.HI/c1-3-21-20(24-15-18-6-12-27-16-18)23-14-17-5-7-22-19(13-17)26-10-8-25(4-2)9-11-26;/h5-7,12-13,16H,3-4,8-11,14-15H2,1-2H3,(H2,21,23,24);1H. The molecular formula is C20H31IN6S. The fourth-order valence-electron chi connectivity index (χ4n) is 3.12. The van der Waals surface area contributed by atoms with Crippen LogP contribution in [0.4, 0.5) is 5.82 Å². The molecule has 6 nitrogen and oxygen atoms in total. The molecule has 1 fully saturated rings. The van der Waals surface area contributed by atoms with Crippen LogP contribution >= 0.6 is 35.3 Å². The molecule has 1 aliphatic rings. The number of likely N-dealkylation sites (N-methyl/N-ethyl adjacent to an activating group) is 1. The summed E-state index contributed by atoms with van der Waals surface area (Å²) < 4.78 is 0. The number of anilines is 1. The minimum Gasteiger partial charge on any atom is -0.357 e. The fourth-order valence-corrected chi connectivity index (χ4v) is 3.78. The van der Waals surface area contributed by atoms with Crippen LogP contribution in [0.5, 0.6) is 0 Å². The molecule has 0 aromatic carbocycles. The van der Waals surface area contributed by atoms with E-state index in [-0.39, 0.29) is 24.0 Å². The number of hydrogen-bond donors (Lipinski definition) is 2. The third-order valence-electron chi connectivity index (χ3n) is 4.76. The van der Waals surface area contributed by atoms with Crippen molar-refractivity contribution in [2.45, 2.75) is 26.9 Å². The van der Waals surface area contributed by atoms with E-state index in [0.29, 0.717) is 6.54 Å². The summed E-state index contributed by atoms with van der Waals surface area (Å²) in [6, 6.07) is 6.38. The smallest absolute Gasteiger partial charge is 0.191 e. The third-order valence-corrected chi connectivity index (χ3v) is 5.49. The van der Waals surface area contributed by atoms with Crippen molar-refractivity contribution in [2.24, 2.45) is 4.99 Å².